The fourth-order valence-electron chi connectivity index (χ4n) is 3.92. The topological polar surface area (TPSA) is 94.1 Å². The maximum atomic E-state index is 9.76. The van der Waals surface area contributed by atoms with Gasteiger partial charge in [-0.15, -0.1) is 24.0 Å². The molecular formula is C21H30IN7O. The number of piperazine rings is 1. The third kappa shape index (κ3) is 5.79. The van der Waals surface area contributed by atoms with E-state index in [9.17, 15) is 5.11 Å². The van der Waals surface area contributed by atoms with Gasteiger partial charge in [0.2, 0.25) is 5.95 Å². The number of aromatic nitrogens is 2. The summed E-state index contributed by atoms with van der Waals surface area (Å²) in [5, 5.41) is 9.76. The fourth-order valence-corrected chi connectivity index (χ4v) is 3.92. The molecule has 30 heavy (non-hydrogen) atoms. The van der Waals surface area contributed by atoms with E-state index in [1.165, 1.54) is 11.1 Å². The third-order valence-corrected chi connectivity index (χ3v) is 5.61. The van der Waals surface area contributed by atoms with Crippen molar-refractivity contribution < 1.29 is 5.11 Å². The van der Waals surface area contributed by atoms with Crippen molar-refractivity contribution in [2.75, 3.05) is 44.2 Å². The van der Waals surface area contributed by atoms with Crippen LogP contribution in [0.3, 0.4) is 0 Å². The van der Waals surface area contributed by atoms with Gasteiger partial charge in [0.15, 0.2) is 5.96 Å². The van der Waals surface area contributed by atoms with Gasteiger partial charge < -0.3 is 20.6 Å². The van der Waals surface area contributed by atoms with Gasteiger partial charge in [0.1, 0.15) is 0 Å². The number of hydrogen-bond donors (Lipinski definition) is 2. The molecule has 1 aromatic heterocycles. The number of nitrogens with two attached hydrogens (primary N) is 1. The van der Waals surface area contributed by atoms with Crippen molar-refractivity contribution in [3.8, 4) is 0 Å². The highest BCUT2D eigenvalue weighted by atomic mass is 127. The molecule has 3 N–H and O–H groups in total. The number of likely N-dealkylation sites (tertiary alicyclic amines) is 1. The first-order chi connectivity index (χ1) is 14.2. The van der Waals surface area contributed by atoms with Gasteiger partial charge >= 0.3 is 0 Å². The Bertz CT molecular complexity index is 827. The summed E-state index contributed by atoms with van der Waals surface area (Å²) in [6.07, 6.45) is 4.19. The number of nitrogens with zero attached hydrogens (tertiary/aromatic N) is 6. The smallest absolute Gasteiger partial charge is 0.225 e. The van der Waals surface area contributed by atoms with E-state index < -0.39 is 0 Å². The van der Waals surface area contributed by atoms with E-state index in [0.29, 0.717) is 12.5 Å². The van der Waals surface area contributed by atoms with Crippen LogP contribution in [0.5, 0.6) is 0 Å². The van der Waals surface area contributed by atoms with Gasteiger partial charge in [-0.25, -0.2) is 15.0 Å². The molecule has 1 aromatic carbocycles. The zero-order chi connectivity index (χ0) is 20.1. The highest BCUT2D eigenvalue weighted by Crippen LogP contribution is 2.17. The molecule has 162 valence electrons. The SMILES string of the molecule is I.NC(=NCc1ccccc1CN1CCC(O)C1)N1CCN(c2ncccn2)CC1. The minimum Gasteiger partial charge on any atom is -0.392 e. The number of aliphatic hydroxyl groups excluding tert-OH is 1. The zero-order valence-corrected chi connectivity index (χ0v) is 19.4. The molecule has 4 rings (SSSR count). The van der Waals surface area contributed by atoms with Gasteiger partial charge in [-0.1, -0.05) is 24.3 Å². The van der Waals surface area contributed by atoms with Crippen LogP contribution in [-0.4, -0.2) is 76.2 Å². The second kappa shape index (κ2) is 10.9. The molecule has 2 saturated heterocycles. The van der Waals surface area contributed by atoms with Crippen LogP contribution in [-0.2, 0) is 13.1 Å². The summed E-state index contributed by atoms with van der Waals surface area (Å²) in [4.78, 5) is 19.9. The van der Waals surface area contributed by atoms with E-state index in [-0.39, 0.29) is 30.1 Å². The predicted molar refractivity (Wildman–Crippen MR) is 129 cm³/mol. The third-order valence-electron chi connectivity index (χ3n) is 5.61. The van der Waals surface area contributed by atoms with E-state index in [1.54, 1.807) is 12.4 Å². The summed E-state index contributed by atoms with van der Waals surface area (Å²) in [5.41, 5.74) is 8.74. The Kier molecular flexibility index (Phi) is 8.23. The highest BCUT2D eigenvalue weighted by Gasteiger charge is 2.21. The molecule has 8 nitrogen and oxygen atoms in total. The maximum Gasteiger partial charge on any atom is 0.225 e. The van der Waals surface area contributed by atoms with Crippen molar-refractivity contribution in [3.63, 3.8) is 0 Å². The first-order valence-corrected chi connectivity index (χ1v) is 10.2. The predicted octanol–water partition coefficient (Wildman–Crippen LogP) is 1.30. The fraction of sp³-hybridized carbons (Fsp3) is 0.476. The van der Waals surface area contributed by atoms with E-state index in [0.717, 1.165) is 58.2 Å². The lowest BCUT2D eigenvalue weighted by atomic mass is 10.1. The Balaban J connectivity index is 0.00000256. The van der Waals surface area contributed by atoms with Crippen molar-refractivity contribution in [3.05, 3.63) is 53.9 Å². The van der Waals surface area contributed by atoms with Crippen LogP contribution in [0.4, 0.5) is 5.95 Å². The molecule has 1 unspecified atom stereocenters. The second-order valence-corrected chi connectivity index (χ2v) is 7.64. The number of β-amino-alcohol motifs (C(OH)–C–C–N with tert-alkyl or cyclic N) is 1. The Labute approximate surface area is 194 Å². The van der Waals surface area contributed by atoms with Crippen LogP contribution >= 0.6 is 24.0 Å². The number of benzene rings is 1. The number of guanidine groups is 1. The van der Waals surface area contributed by atoms with Crippen LogP contribution in [0.1, 0.15) is 17.5 Å². The highest BCUT2D eigenvalue weighted by molar-refractivity contribution is 14.0. The van der Waals surface area contributed by atoms with Crippen molar-refractivity contribution in [2.24, 2.45) is 10.7 Å². The minimum absolute atomic E-state index is 0. The summed E-state index contributed by atoms with van der Waals surface area (Å²) in [6, 6.07) is 10.2. The van der Waals surface area contributed by atoms with E-state index in [2.05, 4.69) is 47.9 Å². The number of hydrogen-bond acceptors (Lipinski definition) is 6. The number of anilines is 1. The lowest BCUT2D eigenvalue weighted by molar-refractivity contribution is 0.174. The van der Waals surface area contributed by atoms with Crippen LogP contribution < -0.4 is 10.6 Å². The Morgan fingerprint density at radius 3 is 2.40 bits per heavy atom. The molecule has 0 saturated carbocycles. The van der Waals surface area contributed by atoms with Gasteiger partial charge in [-0.3, -0.25) is 4.90 Å². The molecular weight excluding hydrogens is 493 g/mol. The first-order valence-electron chi connectivity index (χ1n) is 10.2. The van der Waals surface area contributed by atoms with E-state index in [1.807, 2.05) is 12.1 Å². The van der Waals surface area contributed by atoms with E-state index >= 15 is 0 Å². The largest absolute Gasteiger partial charge is 0.392 e. The molecule has 9 heteroatoms. The van der Waals surface area contributed by atoms with Crippen LogP contribution in [0, 0.1) is 0 Å². The average molecular weight is 523 g/mol. The molecule has 2 aliphatic heterocycles. The van der Waals surface area contributed by atoms with Gasteiger partial charge in [0.25, 0.3) is 0 Å². The zero-order valence-electron chi connectivity index (χ0n) is 17.1. The molecule has 0 spiro atoms. The molecule has 0 bridgehead atoms. The molecule has 2 aliphatic rings. The normalized spacial score (nSPS) is 20.3. The van der Waals surface area contributed by atoms with Gasteiger partial charge in [-0.05, 0) is 23.6 Å². The lowest BCUT2D eigenvalue weighted by Gasteiger charge is -2.35. The molecule has 0 radical (unpaired) electrons. The molecule has 2 aromatic rings. The number of aliphatic hydroxyl groups is 1. The summed E-state index contributed by atoms with van der Waals surface area (Å²) in [5.74, 6) is 1.36. The van der Waals surface area contributed by atoms with Gasteiger partial charge in [0, 0.05) is 58.2 Å². The number of rotatable bonds is 5. The quantitative estimate of drug-likeness (QED) is 0.347. The summed E-state index contributed by atoms with van der Waals surface area (Å²) in [6.45, 7) is 6.37. The van der Waals surface area contributed by atoms with Crippen molar-refractivity contribution in [1.82, 2.24) is 19.8 Å². The molecule has 1 atom stereocenters. The van der Waals surface area contributed by atoms with Crippen molar-refractivity contribution in [1.29, 1.82) is 0 Å². The summed E-state index contributed by atoms with van der Waals surface area (Å²) >= 11 is 0. The van der Waals surface area contributed by atoms with Crippen LogP contribution in [0.25, 0.3) is 0 Å². The molecule has 3 heterocycles. The molecule has 2 fully saturated rings. The van der Waals surface area contributed by atoms with Gasteiger partial charge in [-0.2, -0.15) is 0 Å². The Morgan fingerprint density at radius 1 is 1.03 bits per heavy atom. The molecule has 0 amide bonds. The van der Waals surface area contributed by atoms with Crippen LogP contribution in [0.15, 0.2) is 47.7 Å². The van der Waals surface area contributed by atoms with Crippen LogP contribution in [0.2, 0.25) is 0 Å². The summed E-state index contributed by atoms with van der Waals surface area (Å²) in [7, 11) is 0. The number of halogens is 1. The standard InChI is InChI=1S/C21H29N7O.HI/c22-20(27-10-12-28(13-11-27)21-23-7-3-8-24-21)25-14-17-4-1-2-5-18(17)15-26-9-6-19(29)16-26;/h1-5,7-8,19,29H,6,9-16H2,(H2,22,25);1H. The number of aliphatic imine (C=N–C) groups is 1. The lowest BCUT2D eigenvalue weighted by Crippen LogP contribution is -2.51. The van der Waals surface area contributed by atoms with E-state index in [4.69, 9.17) is 5.73 Å². The Hall–Kier alpha value is -1.98. The average Bonchev–Trinajstić information content (AvgIpc) is 3.18. The first kappa shape index (κ1) is 22.7. The maximum absolute atomic E-state index is 9.76. The van der Waals surface area contributed by atoms with Crippen molar-refractivity contribution >= 4 is 35.9 Å². The molecule has 0 aliphatic carbocycles. The second-order valence-electron chi connectivity index (χ2n) is 7.64. The Morgan fingerprint density at radius 2 is 1.73 bits per heavy atom. The van der Waals surface area contributed by atoms with Gasteiger partial charge in [0.05, 0.1) is 12.6 Å². The summed E-state index contributed by atoms with van der Waals surface area (Å²) < 4.78 is 0. The minimum atomic E-state index is -0.198. The van der Waals surface area contributed by atoms with Crippen molar-refractivity contribution in [2.45, 2.75) is 25.6 Å². The monoisotopic (exact) mass is 523 g/mol.